The molecule has 0 spiro atoms. The van der Waals surface area contributed by atoms with Gasteiger partial charge in [-0.3, -0.25) is 0 Å². The van der Waals surface area contributed by atoms with Crippen LogP contribution in [0.5, 0.6) is 0 Å². The Morgan fingerprint density at radius 1 is 1.37 bits per heavy atom. The lowest BCUT2D eigenvalue weighted by Crippen LogP contribution is -2.43. The second-order valence-electron chi connectivity index (χ2n) is 4.73. The lowest BCUT2D eigenvalue weighted by atomic mass is 10.1. The Bertz CT molecular complexity index is 529. The summed E-state index contributed by atoms with van der Waals surface area (Å²) in [5, 5.41) is 4.16. The normalized spacial score (nSPS) is 23.6. The molecule has 0 amide bonds. The molecule has 5 heteroatoms. The van der Waals surface area contributed by atoms with E-state index in [0.29, 0.717) is 0 Å². The highest BCUT2D eigenvalue weighted by Gasteiger charge is 2.27. The van der Waals surface area contributed by atoms with Gasteiger partial charge in [0.15, 0.2) is 0 Å². The van der Waals surface area contributed by atoms with E-state index >= 15 is 0 Å². The summed E-state index contributed by atoms with van der Waals surface area (Å²) in [6, 6.07) is 5.25. The van der Waals surface area contributed by atoms with Crippen LogP contribution in [0.3, 0.4) is 0 Å². The highest BCUT2D eigenvalue weighted by atomic mass is 32.1. The Kier molecular flexibility index (Phi) is 3.48. The zero-order valence-electron chi connectivity index (χ0n) is 10.6. The molecule has 1 aliphatic heterocycles. The molecule has 3 heterocycles. The maximum absolute atomic E-state index is 12.9. The summed E-state index contributed by atoms with van der Waals surface area (Å²) in [6.45, 7) is 3.58. The molecular formula is C14H15FN2OS. The van der Waals surface area contributed by atoms with Crippen molar-refractivity contribution in [3.8, 4) is 0 Å². The lowest BCUT2D eigenvalue weighted by molar-refractivity contribution is -0.0174. The first kappa shape index (κ1) is 12.6. The molecule has 1 fully saturated rings. The van der Waals surface area contributed by atoms with Crippen LogP contribution >= 0.6 is 11.3 Å². The molecule has 19 heavy (non-hydrogen) atoms. The zero-order chi connectivity index (χ0) is 13.2. The first-order chi connectivity index (χ1) is 9.22. The number of ether oxygens (including phenoxy) is 1. The van der Waals surface area contributed by atoms with Crippen molar-refractivity contribution in [2.24, 2.45) is 0 Å². The average molecular weight is 278 g/mol. The van der Waals surface area contributed by atoms with Crippen molar-refractivity contribution in [1.82, 2.24) is 4.98 Å². The Balaban J connectivity index is 1.80. The number of hydrogen-bond donors (Lipinski definition) is 0. The summed E-state index contributed by atoms with van der Waals surface area (Å²) in [7, 11) is 0. The van der Waals surface area contributed by atoms with Gasteiger partial charge in [-0.15, -0.1) is 0 Å². The summed E-state index contributed by atoms with van der Waals surface area (Å²) in [5.41, 5.74) is 1.20. The van der Waals surface area contributed by atoms with Crippen LogP contribution in [-0.4, -0.2) is 24.2 Å². The maximum Gasteiger partial charge on any atom is 0.141 e. The van der Waals surface area contributed by atoms with Crippen LogP contribution in [0.4, 0.5) is 10.2 Å². The van der Waals surface area contributed by atoms with Crippen molar-refractivity contribution in [2.45, 2.75) is 19.1 Å². The van der Waals surface area contributed by atoms with E-state index in [0.717, 1.165) is 18.9 Å². The van der Waals surface area contributed by atoms with Crippen LogP contribution in [0.25, 0.3) is 0 Å². The first-order valence-electron chi connectivity index (χ1n) is 6.26. The molecule has 1 saturated heterocycles. The number of aromatic nitrogens is 1. The number of thiophene rings is 1. The third-order valence-electron chi connectivity index (χ3n) is 3.21. The highest BCUT2D eigenvalue weighted by Crippen LogP contribution is 2.28. The summed E-state index contributed by atoms with van der Waals surface area (Å²) >= 11 is 1.67. The van der Waals surface area contributed by atoms with E-state index in [4.69, 9.17) is 4.74 Å². The van der Waals surface area contributed by atoms with Gasteiger partial charge in [0.05, 0.1) is 12.3 Å². The number of anilines is 1. The predicted molar refractivity (Wildman–Crippen MR) is 74.0 cm³/mol. The molecule has 1 aliphatic rings. The molecule has 100 valence electrons. The number of hydrogen-bond acceptors (Lipinski definition) is 4. The fourth-order valence-electron chi connectivity index (χ4n) is 2.34. The first-order valence-corrected chi connectivity index (χ1v) is 7.21. The fourth-order valence-corrected chi connectivity index (χ4v) is 3.04. The topological polar surface area (TPSA) is 25.4 Å². The Morgan fingerprint density at radius 3 is 2.95 bits per heavy atom. The summed E-state index contributed by atoms with van der Waals surface area (Å²) in [4.78, 5) is 6.30. The van der Waals surface area contributed by atoms with Crippen LogP contribution < -0.4 is 4.90 Å². The van der Waals surface area contributed by atoms with Gasteiger partial charge in [0.2, 0.25) is 0 Å². The number of halogens is 1. The molecule has 0 aromatic carbocycles. The second kappa shape index (κ2) is 5.27. The minimum atomic E-state index is -0.306. The fraction of sp³-hybridized carbons (Fsp3) is 0.357. The molecule has 0 N–H and O–H groups in total. The van der Waals surface area contributed by atoms with Crippen LogP contribution in [0.15, 0.2) is 35.2 Å². The summed E-state index contributed by atoms with van der Waals surface area (Å²) in [6.07, 6.45) is 1.45. The smallest absolute Gasteiger partial charge is 0.141 e. The Labute approximate surface area is 115 Å². The molecule has 2 aromatic heterocycles. The molecule has 0 saturated carbocycles. The van der Waals surface area contributed by atoms with E-state index in [1.165, 1.54) is 17.8 Å². The van der Waals surface area contributed by atoms with Crippen molar-refractivity contribution in [2.75, 3.05) is 18.0 Å². The minimum absolute atomic E-state index is 0.0573. The minimum Gasteiger partial charge on any atom is -0.367 e. The highest BCUT2D eigenvalue weighted by molar-refractivity contribution is 7.07. The van der Waals surface area contributed by atoms with Crippen molar-refractivity contribution < 1.29 is 9.13 Å². The van der Waals surface area contributed by atoms with Gasteiger partial charge in [0, 0.05) is 13.1 Å². The number of morpholine rings is 1. The van der Waals surface area contributed by atoms with Gasteiger partial charge >= 0.3 is 0 Å². The van der Waals surface area contributed by atoms with Gasteiger partial charge in [-0.2, -0.15) is 11.3 Å². The Morgan fingerprint density at radius 2 is 2.26 bits per heavy atom. The van der Waals surface area contributed by atoms with E-state index in [9.17, 15) is 4.39 Å². The number of pyridine rings is 1. The zero-order valence-corrected chi connectivity index (χ0v) is 11.4. The van der Waals surface area contributed by atoms with E-state index in [1.54, 1.807) is 17.4 Å². The number of nitrogens with zero attached hydrogens (tertiary/aromatic N) is 2. The largest absolute Gasteiger partial charge is 0.367 e. The third kappa shape index (κ3) is 2.77. The van der Waals surface area contributed by atoms with Crippen LogP contribution in [0, 0.1) is 5.82 Å². The SMILES string of the molecule is C[C@H]1CN(c2ccc(F)cn2)C[C@@H](c2ccsc2)O1. The summed E-state index contributed by atoms with van der Waals surface area (Å²) in [5.74, 6) is 0.497. The van der Waals surface area contributed by atoms with Gasteiger partial charge in [-0.05, 0) is 41.4 Å². The van der Waals surface area contributed by atoms with Crippen molar-refractivity contribution in [3.63, 3.8) is 0 Å². The lowest BCUT2D eigenvalue weighted by Gasteiger charge is -2.37. The maximum atomic E-state index is 12.9. The third-order valence-corrected chi connectivity index (χ3v) is 3.91. The molecule has 0 radical (unpaired) electrons. The molecule has 2 atom stereocenters. The van der Waals surface area contributed by atoms with E-state index in [1.807, 2.05) is 0 Å². The monoisotopic (exact) mass is 278 g/mol. The van der Waals surface area contributed by atoms with Gasteiger partial charge in [0.1, 0.15) is 17.7 Å². The van der Waals surface area contributed by atoms with Gasteiger partial charge in [-0.25, -0.2) is 9.37 Å². The van der Waals surface area contributed by atoms with Crippen molar-refractivity contribution in [3.05, 3.63) is 46.5 Å². The van der Waals surface area contributed by atoms with Gasteiger partial charge in [0.25, 0.3) is 0 Å². The molecule has 0 bridgehead atoms. The van der Waals surface area contributed by atoms with Crippen molar-refractivity contribution in [1.29, 1.82) is 0 Å². The molecule has 2 aromatic rings. The standard InChI is InChI=1S/C14H15FN2OS/c1-10-7-17(14-3-2-12(15)6-16-14)8-13(18-10)11-4-5-19-9-11/h2-6,9-10,13H,7-8H2,1H3/t10-,13-/m0/s1. The molecule has 3 rings (SSSR count). The Hall–Kier alpha value is -1.46. The molecule has 0 unspecified atom stereocenters. The average Bonchev–Trinajstić information content (AvgIpc) is 2.93. The summed E-state index contributed by atoms with van der Waals surface area (Å²) < 4.78 is 18.9. The molecule has 0 aliphatic carbocycles. The van der Waals surface area contributed by atoms with Gasteiger partial charge < -0.3 is 9.64 Å². The number of rotatable bonds is 2. The van der Waals surface area contributed by atoms with Crippen molar-refractivity contribution >= 4 is 17.2 Å². The predicted octanol–water partition coefficient (Wildman–Crippen LogP) is 3.25. The van der Waals surface area contributed by atoms with E-state index in [2.05, 4.69) is 33.6 Å². The molecule has 3 nitrogen and oxygen atoms in total. The second-order valence-corrected chi connectivity index (χ2v) is 5.51. The van der Waals surface area contributed by atoms with E-state index in [-0.39, 0.29) is 18.0 Å². The van der Waals surface area contributed by atoms with Crippen LogP contribution in [0.1, 0.15) is 18.6 Å². The van der Waals surface area contributed by atoms with Gasteiger partial charge in [-0.1, -0.05) is 0 Å². The molecular weight excluding hydrogens is 263 g/mol. The quantitative estimate of drug-likeness (QED) is 0.843. The van der Waals surface area contributed by atoms with Crippen LogP contribution in [0.2, 0.25) is 0 Å². The van der Waals surface area contributed by atoms with E-state index < -0.39 is 0 Å². The van der Waals surface area contributed by atoms with Crippen LogP contribution in [-0.2, 0) is 4.74 Å².